The van der Waals surface area contributed by atoms with Crippen LogP contribution in [0.3, 0.4) is 0 Å². The fraction of sp³-hybridized carbons (Fsp3) is 0.0714. The maximum atomic E-state index is 11.3. The molecule has 0 aliphatic heterocycles. The molecule has 0 spiro atoms. The second kappa shape index (κ2) is 5.23. The van der Waals surface area contributed by atoms with Gasteiger partial charge in [-0.1, -0.05) is 36.4 Å². The highest BCUT2D eigenvalue weighted by Crippen LogP contribution is 2.26. The molecule has 0 fully saturated rings. The largest absolute Gasteiger partial charge is 0.486 e. The molecule has 0 unspecified atom stereocenters. The van der Waals surface area contributed by atoms with Gasteiger partial charge < -0.3 is 16.2 Å². The Morgan fingerprint density at radius 3 is 2.44 bits per heavy atom. The van der Waals surface area contributed by atoms with Gasteiger partial charge in [-0.15, -0.1) is 0 Å². The average molecular weight is 242 g/mol. The van der Waals surface area contributed by atoms with Crippen LogP contribution in [0.25, 0.3) is 0 Å². The third-order valence-corrected chi connectivity index (χ3v) is 2.54. The zero-order chi connectivity index (χ0) is 13.0. The van der Waals surface area contributed by atoms with Gasteiger partial charge in [0.25, 0.3) is 5.91 Å². The molecule has 0 bridgehead atoms. The van der Waals surface area contributed by atoms with E-state index in [1.165, 1.54) is 0 Å². The summed E-state index contributed by atoms with van der Waals surface area (Å²) in [7, 11) is 0. The van der Waals surface area contributed by atoms with Gasteiger partial charge in [-0.05, 0) is 17.7 Å². The van der Waals surface area contributed by atoms with Crippen molar-refractivity contribution in [1.29, 1.82) is 0 Å². The number of rotatable bonds is 4. The Hall–Kier alpha value is -2.49. The smallest absolute Gasteiger partial charge is 0.252 e. The molecule has 4 heteroatoms. The third-order valence-electron chi connectivity index (χ3n) is 2.54. The number of ether oxygens (including phenoxy) is 1. The first-order valence-electron chi connectivity index (χ1n) is 5.53. The number of benzene rings is 2. The Labute approximate surface area is 105 Å². The molecule has 0 saturated heterocycles. The zero-order valence-corrected chi connectivity index (χ0v) is 9.80. The number of anilines is 1. The molecule has 0 atom stereocenters. The molecule has 0 aliphatic carbocycles. The van der Waals surface area contributed by atoms with Crippen molar-refractivity contribution in [3.63, 3.8) is 0 Å². The fourth-order valence-electron chi connectivity index (χ4n) is 1.64. The second-order valence-electron chi connectivity index (χ2n) is 3.86. The Kier molecular flexibility index (Phi) is 3.48. The molecule has 0 aliphatic rings. The van der Waals surface area contributed by atoms with E-state index in [-0.39, 0.29) is 0 Å². The third kappa shape index (κ3) is 2.60. The standard InChI is InChI=1S/C14H14N2O2/c15-12-8-4-7-11(14(16)17)13(12)18-9-10-5-2-1-3-6-10/h1-8H,9,15H2,(H2,16,17). The van der Waals surface area contributed by atoms with E-state index in [0.717, 1.165) is 5.56 Å². The summed E-state index contributed by atoms with van der Waals surface area (Å²) in [6.45, 7) is 0.343. The minimum atomic E-state index is -0.551. The Morgan fingerprint density at radius 1 is 1.06 bits per heavy atom. The van der Waals surface area contributed by atoms with Crippen molar-refractivity contribution in [2.45, 2.75) is 6.61 Å². The van der Waals surface area contributed by atoms with Crippen molar-refractivity contribution in [3.8, 4) is 5.75 Å². The average Bonchev–Trinajstić information content (AvgIpc) is 2.38. The van der Waals surface area contributed by atoms with Crippen LogP contribution < -0.4 is 16.2 Å². The molecule has 0 saturated carbocycles. The van der Waals surface area contributed by atoms with Crippen molar-refractivity contribution >= 4 is 11.6 Å². The number of nitrogens with two attached hydrogens (primary N) is 2. The lowest BCUT2D eigenvalue weighted by molar-refractivity contribution is 0.0996. The van der Waals surface area contributed by atoms with Crippen LogP contribution in [0.4, 0.5) is 5.69 Å². The van der Waals surface area contributed by atoms with Crippen LogP contribution in [-0.4, -0.2) is 5.91 Å². The number of para-hydroxylation sites is 1. The number of amides is 1. The lowest BCUT2D eigenvalue weighted by Crippen LogP contribution is -2.14. The van der Waals surface area contributed by atoms with Gasteiger partial charge in [-0.3, -0.25) is 4.79 Å². The summed E-state index contributed by atoms with van der Waals surface area (Å²) < 4.78 is 5.59. The van der Waals surface area contributed by atoms with E-state index in [0.29, 0.717) is 23.6 Å². The van der Waals surface area contributed by atoms with Gasteiger partial charge in [0.2, 0.25) is 0 Å². The highest BCUT2D eigenvalue weighted by molar-refractivity contribution is 5.97. The zero-order valence-electron chi connectivity index (χ0n) is 9.80. The lowest BCUT2D eigenvalue weighted by Gasteiger charge is -2.11. The van der Waals surface area contributed by atoms with Crippen LogP contribution in [0.15, 0.2) is 48.5 Å². The molecule has 2 aromatic rings. The van der Waals surface area contributed by atoms with Gasteiger partial charge in [0.05, 0.1) is 11.3 Å². The molecule has 2 rings (SSSR count). The molecule has 4 nitrogen and oxygen atoms in total. The van der Waals surface area contributed by atoms with E-state index in [9.17, 15) is 4.79 Å². The highest BCUT2D eigenvalue weighted by atomic mass is 16.5. The minimum Gasteiger partial charge on any atom is -0.486 e. The first-order chi connectivity index (χ1) is 8.68. The van der Waals surface area contributed by atoms with Crippen molar-refractivity contribution in [3.05, 3.63) is 59.7 Å². The molecule has 2 aromatic carbocycles. The SMILES string of the molecule is NC(=O)c1cccc(N)c1OCc1ccccc1. The molecular formula is C14H14N2O2. The number of primary amides is 1. The van der Waals surface area contributed by atoms with Crippen molar-refractivity contribution < 1.29 is 9.53 Å². The monoisotopic (exact) mass is 242 g/mol. The van der Waals surface area contributed by atoms with Crippen LogP contribution in [-0.2, 0) is 6.61 Å². The number of hydrogen-bond donors (Lipinski definition) is 2. The van der Waals surface area contributed by atoms with E-state index < -0.39 is 5.91 Å². The quantitative estimate of drug-likeness (QED) is 0.804. The summed E-state index contributed by atoms with van der Waals surface area (Å²) >= 11 is 0. The summed E-state index contributed by atoms with van der Waals surface area (Å²) in [5.41, 5.74) is 12.8. The predicted octanol–water partition coefficient (Wildman–Crippen LogP) is 1.95. The highest BCUT2D eigenvalue weighted by Gasteiger charge is 2.12. The summed E-state index contributed by atoms with van der Waals surface area (Å²) in [4.78, 5) is 11.3. The maximum absolute atomic E-state index is 11.3. The number of carbonyl (C=O) groups is 1. The van der Waals surface area contributed by atoms with Crippen molar-refractivity contribution in [2.75, 3.05) is 5.73 Å². The summed E-state index contributed by atoms with van der Waals surface area (Å²) in [5.74, 6) is -0.209. The predicted molar refractivity (Wildman–Crippen MR) is 70.1 cm³/mol. The Balaban J connectivity index is 2.21. The fourth-order valence-corrected chi connectivity index (χ4v) is 1.64. The van der Waals surface area contributed by atoms with Gasteiger partial charge in [-0.2, -0.15) is 0 Å². The van der Waals surface area contributed by atoms with E-state index in [1.54, 1.807) is 18.2 Å². The topological polar surface area (TPSA) is 78.3 Å². The lowest BCUT2D eigenvalue weighted by atomic mass is 10.1. The first-order valence-corrected chi connectivity index (χ1v) is 5.53. The van der Waals surface area contributed by atoms with Gasteiger partial charge in [-0.25, -0.2) is 0 Å². The number of carbonyl (C=O) groups excluding carboxylic acids is 1. The summed E-state index contributed by atoms with van der Waals surface area (Å²) in [6, 6.07) is 14.6. The van der Waals surface area contributed by atoms with E-state index >= 15 is 0 Å². The van der Waals surface area contributed by atoms with Gasteiger partial charge in [0, 0.05) is 0 Å². The van der Waals surface area contributed by atoms with E-state index in [1.807, 2.05) is 30.3 Å². The molecular weight excluding hydrogens is 228 g/mol. The second-order valence-corrected chi connectivity index (χ2v) is 3.86. The molecule has 0 radical (unpaired) electrons. The minimum absolute atomic E-state index is 0.297. The molecule has 0 heterocycles. The Morgan fingerprint density at radius 2 is 1.78 bits per heavy atom. The normalized spacial score (nSPS) is 10.0. The van der Waals surface area contributed by atoms with Crippen LogP contribution >= 0.6 is 0 Å². The molecule has 1 amide bonds. The number of hydrogen-bond acceptors (Lipinski definition) is 3. The summed E-state index contributed by atoms with van der Waals surface area (Å²) in [6.07, 6.45) is 0. The first kappa shape index (κ1) is 12.0. The van der Waals surface area contributed by atoms with Crippen molar-refractivity contribution in [2.24, 2.45) is 5.73 Å². The van der Waals surface area contributed by atoms with Crippen LogP contribution in [0.5, 0.6) is 5.75 Å². The molecule has 18 heavy (non-hydrogen) atoms. The van der Waals surface area contributed by atoms with Crippen LogP contribution in [0.2, 0.25) is 0 Å². The van der Waals surface area contributed by atoms with Gasteiger partial charge in [0.15, 0.2) is 5.75 Å². The van der Waals surface area contributed by atoms with Crippen molar-refractivity contribution in [1.82, 2.24) is 0 Å². The molecule has 4 N–H and O–H groups in total. The molecule has 92 valence electrons. The Bertz CT molecular complexity index is 553. The number of nitrogen functional groups attached to an aromatic ring is 1. The van der Waals surface area contributed by atoms with Gasteiger partial charge >= 0.3 is 0 Å². The van der Waals surface area contributed by atoms with Gasteiger partial charge in [0.1, 0.15) is 6.61 Å². The van der Waals surface area contributed by atoms with E-state index in [4.69, 9.17) is 16.2 Å². The maximum Gasteiger partial charge on any atom is 0.252 e. The molecule has 0 aromatic heterocycles. The van der Waals surface area contributed by atoms with Crippen LogP contribution in [0, 0.1) is 0 Å². The van der Waals surface area contributed by atoms with E-state index in [2.05, 4.69) is 0 Å². The van der Waals surface area contributed by atoms with Crippen LogP contribution in [0.1, 0.15) is 15.9 Å². The summed E-state index contributed by atoms with van der Waals surface area (Å²) in [5, 5.41) is 0.